The molecule has 6 nitrogen and oxygen atoms in total. The van der Waals surface area contributed by atoms with Crippen LogP contribution in [0.4, 0.5) is 5.69 Å². The molecule has 1 saturated heterocycles. The zero-order chi connectivity index (χ0) is 12.1. The fourth-order valence-electron chi connectivity index (χ4n) is 1.84. The molecule has 0 aliphatic carbocycles. The van der Waals surface area contributed by atoms with Crippen LogP contribution in [0.25, 0.3) is 0 Å². The number of ether oxygens (including phenoxy) is 2. The molecule has 94 valence electrons. The van der Waals surface area contributed by atoms with Crippen LogP contribution < -0.4 is 10.4 Å². The second-order valence-corrected chi connectivity index (χ2v) is 3.78. The summed E-state index contributed by atoms with van der Waals surface area (Å²) in [5.74, 6) is 0. The zero-order valence-electron chi connectivity index (χ0n) is 9.80. The number of morpholine rings is 1. The van der Waals surface area contributed by atoms with Gasteiger partial charge in [-0.05, 0) is 12.1 Å². The van der Waals surface area contributed by atoms with Crippen LogP contribution in [0.2, 0.25) is 0 Å². The molecule has 2 N–H and O–H groups in total. The Morgan fingerprint density at radius 1 is 1.53 bits per heavy atom. The summed E-state index contributed by atoms with van der Waals surface area (Å²) in [6.45, 7) is 3.22. The molecule has 0 bridgehead atoms. The van der Waals surface area contributed by atoms with Gasteiger partial charge in [-0.2, -0.15) is 5.48 Å². The van der Waals surface area contributed by atoms with Crippen LogP contribution in [-0.4, -0.2) is 43.6 Å². The molecule has 0 aromatic carbocycles. The Bertz CT molecular complexity index is 352. The number of methoxy groups -OCH3 is 1. The van der Waals surface area contributed by atoms with Crippen LogP contribution in [0, 0.1) is 0 Å². The van der Waals surface area contributed by atoms with E-state index in [2.05, 4.69) is 15.4 Å². The van der Waals surface area contributed by atoms with E-state index >= 15 is 0 Å². The first-order chi connectivity index (χ1) is 8.35. The first kappa shape index (κ1) is 12.3. The molecule has 6 heteroatoms. The van der Waals surface area contributed by atoms with E-state index in [1.807, 2.05) is 12.1 Å². The average Bonchev–Trinajstić information content (AvgIpc) is 2.42. The summed E-state index contributed by atoms with van der Waals surface area (Å²) < 4.78 is 10.4. The fraction of sp³-hybridized carbons (Fsp3) is 0.545. The molecule has 2 rings (SSSR count). The van der Waals surface area contributed by atoms with Gasteiger partial charge in [0.1, 0.15) is 0 Å². The monoisotopic (exact) mass is 239 g/mol. The highest BCUT2D eigenvalue weighted by Crippen LogP contribution is 2.19. The van der Waals surface area contributed by atoms with Gasteiger partial charge in [0, 0.05) is 32.1 Å². The van der Waals surface area contributed by atoms with Gasteiger partial charge in [0.25, 0.3) is 0 Å². The van der Waals surface area contributed by atoms with Crippen LogP contribution in [-0.2, 0) is 9.47 Å². The van der Waals surface area contributed by atoms with E-state index in [0.29, 0.717) is 5.69 Å². The molecule has 1 fully saturated rings. The van der Waals surface area contributed by atoms with Gasteiger partial charge in [-0.3, -0.25) is 4.98 Å². The third-order valence-corrected chi connectivity index (χ3v) is 2.76. The number of pyridine rings is 1. The molecule has 1 aromatic heterocycles. The fourth-order valence-corrected chi connectivity index (χ4v) is 1.84. The summed E-state index contributed by atoms with van der Waals surface area (Å²) in [6, 6.07) is 3.85. The Morgan fingerprint density at radius 3 is 2.94 bits per heavy atom. The number of hydrogen-bond donors (Lipinski definition) is 2. The van der Waals surface area contributed by atoms with Crippen molar-refractivity contribution in [3.63, 3.8) is 0 Å². The Balaban J connectivity index is 2.15. The molecule has 0 radical (unpaired) electrons. The lowest BCUT2D eigenvalue weighted by Gasteiger charge is -2.29. The summed E-state index contributed by atoms with van der Waals surface area (Å²) in [5, 5.41) is 8.93. The largest absolute Gasteiger partial charge is 0.378 e. The maximum Gasteiger partial charge on any atom is 0.172 e. The molecule has 1 aromatic rings. The van der Waals surface area contributed by atoms with E-state index in [1.54, 1.807) is 6.20 Å². The lowest BCUT2D eigenvalue weighted by molar-refractivity contribution is -0.0320. The maximum atomic E-state index is 8.93. The first-order valence-electron chi connectivity index (χ1n) is 5.56. The average molecular weight is 239 g/mol. The van der Waals surface area contributed by atoms with Gasteiger partial charge in [-0.25, -0.2) is 0 Å². The van der Waals surface area contributed by atoms with Crippen LogP contribution in [0.15, 0.2) is 18.3 Å². The molecule has 0 amide bonds. The van der Waals surface area contributed by atoms with Gasteiger partial charge in [0.15, 0.2) is 6.23 Å². The standard InChI is InChI=1S/C11H17N3O3/c1-16-11(13-15)10-8-9(2-3-12-10)14-4-6-17-7-5-14/h2-3,8,11,13,15H,4-7H2,1H3. The lowest BCUT2D eigenvalue weighted by atomic mass is 10.2. The molecule has 0 spiro atoms. The van der Waals surface area contributed by atoms with E-state index in [1.165, 1.54) is 7.11 Å². The number of hydroxylamine groups is 1. The highest BCUT2D eigenvalue weighted by atomic mass is 16.6. The number of anilines is 1. The van der Waals surface area contributed by atoms with Crippen molar-refractivity contribution < 1.29 is 14.7 Å². The SMILES string of the molecule is COC(NO)c1cc(N2CCOCC2)ccn1. The van der Waals surface area contributed by atoms with Gasteiger partial charge < -0.3 is 19.6 Å². The Kier molecular flexibility index (Phi) is 4.27. The second kappa shape index (κ2) is 5.92. The quantitative estimate of drug-likeness (QED) is 0.590. The van der Waals surface area contributed by atoms with Gasteiger partial charge in [-0.1, -0.05) is 0 Å². The predicted octanol–water partition coefficient (Wildman–Crippen LogP) is 0.542. The zero-order valence-corrected chi connectivity index (χ0v) is 9.80. The van der Waals surface area contributed by atoms with Gasteiger partial charge >= 0.3 is 0 Å². The molecule has 17 heavy (non-hydrogen) atoms. The Labute approximate surface area is 100 Å². The maximum absolute atomic E-state index is 8.93. The Hall–Kier alpha value is -1.21. The van der Waals surface area contributed by atoms with Crippen LogP contribution in [0.3, 0.4) is 0 Å². The summed E-state index contributed by atoms with van der Waals surface area (Å²) in [5.41, 5.74) is 3.79. The van der Waals surface area contributed by atoms with E-state index < -0.39 is 6.23 Å². The molecule has 1 aliphatic heterocycles. The molecule has 2 heterocycles. The predicted molar refractivity (Wildman–Crippen MR) is 61.9 cm³/mol. The van der Waals surface area contributed by atoms with Crippen molar-refractivity contribution in [2.45, 2.75) is 6.23 Å². The van der Waals surface area contributed by atoms with E-state index in [4.69, 9.17) is 14.7 Å². The van der Waals surface area contributed by atoms with E-state index in [0.717, 1.165) is 32.0 Å². The van der Waals surface area contributed by atoms with Gasteiger partial charge in [0.2, 0.25) is 0 Å². The number of rotatable bonds is 4. The number of hydrogen-bond acceptors (Lipinski definition) is 6. The van der Waals surface area contributed by atoms with Crippen molar-refractivity contribution in [3.05, 3.63) is 24.0 Å². The first-order valence-corrected chi connectivity index (χ1v) is 5.56. The summed E-state index contributed by atoms with van der Waals surface area (Å²) in [7, 11) is 1.51. The Morgan fingerprint density at radius 2 is 2.29 bits per heavy atom. The molecular weight excluding hydrogens is 222 g/mol. The van der Waals surface area contributed by atoms with E-state index in [9.17, 15) is 0 Å². The highest BCUT2D eigenvalue weighted by Gasteiger charge is 2.15. The molecule has 1 atom stereocenters. The van der Waals surface area contributed by atoms with Crippen LogP contribution >= 0.6 is 0 Å². The van der Waals surface area contributed by atoms with Crippen LogP contribution in [0.5, 0.6) is 0 Å². The van der Waals surface area contributed by atoms with Gasteiger partial charge in [-0.15, -0.1) is 0 Å². The second-order valence-electron chi connectivity index (χ2n) is 3.78. The number of nitrogens with zero attached hydrogens (tertiary/aromatic N) is 2. The summed E-state index contributed by atoms with van der Waals surface area (Å²) in [4.78, 5) is 6.39. The third-order valence-electron chi connectivity index (χ3n) is 2.76. The number of aromatic nitrogens is 1. The highest BCUT2D eigenvalue weighted by molar-refractivity contribution is 5.47. The minimum atomic E-state index is -0.601. The van der Waals surface area contributed by atoms with E-state index in [-0.39, 0.29) is 0 Å². The van der Waals surface area contributed by atoms with Crippen molar-refractivity contribution in [1.82, 2.24) is 10.5 Å². The summed E-state index contributed by atoms with van der Waals surface area (Å²) >= 11 is 0. The molecule has 0 saturated carbocycles. The van der Waals surface area contributed by atoms with Crippen LogP contribution in [0.1, 0.15) is 11.9 Å². The topological polar surface area (TPSA) is 66.8 Å². The molecule has 1 aliphatic rings. The number of nitrogens with one attached hydrogen (secondary N) is 1. The normalized spacial score (nSPS) is 18.1. The van der Waals surface area contributed by atoms with Crippen molar-refractivity contribution in [3.8, 4) is 0 Å². The minimum Gasteiger partial charge on any atom is -0.378 e. The molecule has 1 unspecified atom stereocenters. The third kappa shape index (κ3) is 2.92. The van der Waals surface area contributed by atoms with Crippen molar-refractivity contribution >= 4 is 5.69 Å². The van der Waals surface area contributed by atoms with Crippen molar-refractivity contribution in [2.24, 2.45) is 0 Å². The van der Waals surface area contributed by atoms with Crippen molar-refractivity contribution in [2.75, 3.05) is 38.3 Å². The minimum absolute atomic E-state index is 0.601. The van der Waals surface area contributed by atoms with Gasteiger partial charge in [0.05, 0.1) is 18.9 Å². The molecular formula is C11H17N3O3. The summed E-state index contributed by atoms with van der Waals surface area (Å²) in [6.07, 6.45) is 1.11. The smallest absolute Gasteiger partial charge is 0.172 e. The van der Waals surface area contributed by atoms with Crippen molar-refractivity contribution in [1.29, 1.82) is 0 Å². The lowest BCUT2D eigenvalue weighted by Crippen LogP contribution is -2.36.